The molecule has 1 heteroatoms. The summed E-state index contributed by atoms with van der Waals surface area (Å²) in [5.74, 6) is 0.410. The third kappa shape index (κ3) is 8.92. The summed E-state index contributed by atoms with van der Waals surface area (Å²) in [6.07, 6.45) is 2.99. The molecule has 2 unspecified atom stereocenters. The van der Waals surface area contributed by atoms with Gasteiger partial charge in [0.05, 0.1) is 6.10 Å². The third-order valence-electron chi connectivity index (χ3n) is 2.78. The zero-order chi connectivity index (χ0) is 12.3. The van der Waals surface area contributed by atoms with Crippen molar-refractivity contribution in [1.82, 2.24) is 0 Å². The van der Waals surface area contributed by atoms with Crippen LogP contribution >= 0.6 is 0 Å². The third-order valence-corrected chi connectivity index (χ3v) is 2.78. The van der Waals surface area contributed by atoms with Crippen molar-refractivity contribution in [3.05, 3.63) is 0 Å². The molecule has 15 heavy (non-hydrogen) atoms. The quantitative estimate of drug-likeness (QED) is 0.742. The van der Waals surface area contributed by atoms with Crippen LogP contribution in [-0.4, -0.2) is 11.2 Å². The van der Waals surface area contributed by atoms with Crippen molar-refractivity contribution in [2.45, 2.75) is 73.8 Å². The van der Waals surface area contributed by atoms with Gasteiger partial charge in [-0.25, -0.2) is 0 Å². The molecule has 0 aliphatic rings. The topological polar surface area (TPSA) is 20.2 Å². The van der Waals surface area contributed by atoms with E-state index in [1.165, 1.54) is 0 Å². The standard InChI is InChI=1S/C14H30O/c1-11(10-14(5,6)7)12(15)8-9-13(2,3)4/h11-12,15H,8-10H2,1-7H3. The maximum absolute atomic E-state index is 10.0. The summed E-state index contributed by atoms with van der Waals surface area (Å²) in [5, 5.41) is 10.0. The molecule has 0 rings (SSSR count). The Labute approximate surface area is 96.3 Å². The summed E-state index contributed by atoms with van der Waals surface area (Å²) in [5.41, 5.74) is 0.657. The first kappa shape index (κ1) is 15.0. The second kappa shape index (κ2) is 5.34. The largest absolute Gasteiger partial charge is 0.393 e. The van der Waals surface area contributed by atoms with Gasteiger partial charge in [0.2, 0.25) is 0 Å². The zero-order valence-electron chi connectivity index (χ0n) is 11.7. The van der Waals surface area contributed by atoms with Crippen LogP contribution in [0.2, 0.25) is 0 Å². The first-order valence-electron chi connectivity index (χ1n) is 6.19. The molecule has 0 aliphatic heterocycles. The van der Waals surface area contributed by atoms with E-state index in [0.29, 0.717) is 16.7 Å². The molecule has 2 atom stereocenters. The van der Waals surface area contributed by atoms with Gasteiger partial charge in [-0.2, -0.15) is 0 Å². The van der Waals surface area contributed by atoms with Gasteiger partial charge in [0.1, 0.15) is 0 Å². The number of hydrogen-bond acceptors (Lipinski definition) is 1. The number of aliphatic hydroxyl groups is 1. The average molecular weight is 214 g/mol. The van der Waals surface area contributed by atoms with E-state index in [9.17, 15) is 5.11 Å². The predicted octanol–water partition coefficient (Wildman–Crippen LogP) is 4.25. The van der Waals surface area contributed by atoms with E-state index in [0.717, 1.165) is 19.3 Å². The Kier molecular flexibility index (Phi) is 5.32. The summed E-state index contributed by atoms with van der Waals surface area (Å²) in [6, 6.07) is 0. The molecule has 1 nitrogen and oxygen atoms in total. The van der Waals surface area contributed by atoms with Crippen LogP contribution in [0.5, 0.6) is 0 Å². The molecule has 0 spiro atoms. The molecular formula is C14H30O. The smallest absolute Gasteiger partial charge is 0.0566 e. The predicted molar refractivity (Wildman–Crippen MR) is 67.9 cm³/mol. The lowest BCUT2D eigenvalue weighted by molar-refractivity contribution is 0.0728. The van der Waals surface area contributed by atoms with Gasteiger partial charge in [0.25, 0.3) is 0 Å². The fourth-order valence-corrected chi connectivity index (χ4v) is 1.97. The summed E-state index contributed by atoms with van der Waals surface area (Å²) >= 11 is 0. The van der Waals surface area contributed by atoms with Gasteiger partial charge >= 0.3 is 0 Å². The Balaban J connectivity index is 3.95. The van der Waals surface area contributed by atoms with Gasteiger partial charge in [-0.15, -0.1) is 0 Å². The molecular weight excluding hydrogens is 184 g/mol. The molecule has 0 radical (unpaired) electrons. The van der Waals surface area contributed by atoms with Gasteiger partial charge in [0, 0.05) is 0 Å². The molecule has 1 N–H and O–H groups in total. The average Bonchev–Trinajstić information content (AvgIpc) is 1.95. The minimum atomic E-state index is -0.136. The molecule has 0 fully saturated rings. The second-order valence-electron chi connectivity index (χ2n) is 7.41. The van der Waals surface area contributed by atoms with Crippen LogP contribution in [0.15, 0.2) is 0 Å². The van der Waals surface area contributed by atoms with Crippen molar-refractivity contribution in [3.63, 3.8) is 0 Å². The van der Waals surface area contributed by atoms with E-state index < -0.39 is 0 Å². The molecule has 0 aromatic heterocycles. The van der Waals surface area contributed by atoms with E-state index in [2.05, 4.69) is 48.5 Å². The second-order valence-corrected chi connectivity index (χ2v) is 7.41. The summed E-state index contributed by atoms with van der Waals surface area (Å²) in [6.45, 7) is 15.6. The summed E-state index contributed by atoms with van der Waals surface area (Å²) < 4.78 is 0. The molecule has 0 saturated heterocycles. The minimum absolute atomic E-state index is 0.136. The van der Waals surface area contributed by atoms with Crippen molar-refractivity contribution in [1.29, 1.82) is 0 Å². The fourth-order valence-electron chi connectivity index (χ4n) is 1.97. The molecule has 0 heterocycles. The van der Waals surface area contributed by atoms with E-state index in [4.69, 9.17) is 0 Å². The molecule has 0 amide bonds. The molecule has 0 aromatic carbocycles. The van der Waals surface area contributed by atoms with Crippen molar-refractivity contribution in [3.8, 4) is 0 Å². The van der Waals surface area contributed by atoms with E-state index in [1.807, 2.05) is 0 Å². The first-order chi connectivity index (χ1) is 6.51. The van der Waals surface area contributed by atoms with Gasteiger partial charge < -0.3 is 5.11 Å². The van der Waals surface area contributed by atoms with Crippen LogP contribution in [0, 0.1) is 16.7 Å². The van der Waals surface area contributed by atoms with Crippen molar-refractivity contribution in [2.75, 3.05) is 0 Å². The Hall–Kier alpha value is -0.0400. The minimum Gasteiger partial charge on any atom is -0.393 e. The highest BCUT2D eigenvalue weighted by molar-refractivity contribution is 4.74. The highest BCUT2D eigenvalue weighted by Crippen LogP contribution is 2.29. The highest BCUT2D eigenvalue weighted by atomic mass is 16.3. The lowest BCUT2D eigenvalue weighted by atomic mass is 9.80. The molecule has 0 aromatic rings. The normalized spacial score (nSPS) is 17.6. The Morgan fingerprint density at radius 1 is 0.933 bits per heavy atom. The Morgan fingerprint density at radius 2 is 1.40 bits per heavy atom. The number of rotatable bonds is 4. The van der Waals surface area contributed by atoms with Crippen LogP contribution in [0.1, 0.15) is 67.7 Å². The monoisotopic (exact) mass is 214 g/mol. The zero-order valence-corrected chi connectivity index (χ0v) is 11.7. The van der Waals surface area contributed by atoms with Crippen molar-refractivity contribution < 1.29 is 5.11 Å². The highest BCUT2D eigenvalue weighted by Gasteiger charge is 2.22. The van der Waals surface area contributed by atoms with Crippen LogP contribution in [0.25, 0.3) is 0 Å². The molecule has 0 bridgehead atoms. The molecule has 0 saturated carbocycles. The maximum atomic E-state index is 10.0. The van der Waals surface area contributed by atoms with Gasteiger partial charge in [-0.05, 0) is 36.0 Å². The van der Waals surface area contributed by atoms with Crippen LogP contribution in [0.3, 0.4) is 0 Å². The number of aliphatic hydroxyl groups excluding tert-OH is 1. The number of hydrogen-bond donors (Lipinski definition) is 1. The molecule has 0 aliphatic carbocycles. The lowest BCUT2D eigenvalue weighted by Gasteiger charge is -2.28. The Bertz CT molecular complexity index is 171. The van der Waals surface area contributed by atoms with Crippen molar-refractivity contribution in [2.24, 2.45) is 16.7 Å². The van der Waals surface area contributed by atoms with Crippen LogP contribution in [-0.2, 0) is 0 Å². The van der Waals surface area contributed by atoms with Gasteiger partial charge in [-0.3, -0.25) is 0 Å². The van der Waals surface area contributed by atoms with Gasteiger partial charge in [-0.1, -0.05) is 48.5 Å². The summed E-state index contributed by atoms with van der Waals surface area (Å²) in [7, 11) is 0. The van der Waals surface area contributed by atoms with Crippen molar-refractivity contribution >= 4 is 0 Å². The first-order valence-corrected chi connectivity index (χ1v) is 6.19. The van der Waals surface area contributed by atoms with Crippen LogP contribution in [0.4, 0.5) is 0 Å². The van der Waals surface area contributed by atoms with E-state index >= 15 is 0 Å². The van der Waals surface area contributed by atoms with E-state index in [1.54, 1.807) is 0 Å². The Morgan fingerprint density at radius 3 is 1.73 bits per heavy atom. The van der Waals surface area contributed by atoms with Gasteiger partial charge in [0.15, 0.2) is 0 Å². The fraction of sp³-hybridized carbons (Fsp3) is 1.00. The SMILES string of the molecule is CC(CC(C)(C)C)C(O)CCC(C)(C)C. The molecule has 92 valence electrons. The maximum Gasteiger partial charge on any atom is 0.0566 e. The van der Waals surface area contributed by atoms with E-state index in [-0.39, 0.29) is 6.10 Å². The summed E-state index contributed by atoms with van der Waals surface area (Å²) in [4.78, 5) is 0. The lowest BCUT2D eigenvalue weighted by Crippen LogP contribution is -2.24. The van der Waals surface area contributed by atoms with Crippen LogP contribution < -0.4 is 0 Å².